The van der Waals surface area contributed by atoms with Gasteiger partial charge in [0.25, 0.3) is 5.91 Å². The minimum atomic E-state index is -3.97. The van der Waals surface area contributed by atoms with E-state index in [1.807, 2.05) is 44.4 Å². The molecule has 10 nitrogen and oxygen atoms in total. The number of ether oxygens (including phenoxy) is 3. The summed E-state index contributed by atoms with van der Waals surface area (Å²) in [7, 11) is -0.356. The largest absolute Gasteiger partial charge is 0.487 e. The summed E-state index contributed by atoms with van der Waals surface area (Å²) < 4.78 is 48.4. The Hall–Kier alpha value is -2.67. The Morgan fingerprint density at radius 3 is 2.48 bits per heavy atom. The van der Waals surface area contributed by atoms with Gasteiger partial charge in [0.1, 0.15) is 18.0 Å². The Kier molecular flexibility index (Phi) is 13.1. The predicted molar refractivity (Wildman–Crippen MR) is 216 cm³/mol. The van der Waals surface area contributed by atoms with Gasteiger partial charge in [0.05, 0.1) is 17.5 Å². The number of piperazine rings is 1. The van der Waals surface area contributed by atoms with Gasteiger partial charge in [0.15, 0.2) is 0 Å². The third kappa shape index (κ3) is 9.13. The number of carbonyl (C=O) groups is 1. The number of nitrogens with zero attached hydrogens (tertiary/aromatic N) is 3. The number of hydrogen-bond donors (Lipinski definition) is 1. The van der Waals surface area contributed by atoms with Crippen molar-refractivity contribution in [1.82, 2.24) is 14.5 Å². The molecule has 5 atom stereocenters. The highest BCUT2D eigenvalue weighted by Crippen LogP contribution is 2.47. The van der Waals surface area contributed by atoms with Crippen LogP contribution in [0, 0.1) is 17.8 Å². The van der Waals surface area contributed by atoms with Gasteiger partial charge in [0, 0.05) is 76.2 Å². The third-order valence-electron chi connectivity index (χ3n) is 12.7. The highest BCUT2D eigenvalue weighted by Gasteiger charge is 2.48. The number of benzene rings is 2. The molecule has 0 aromatic heterocycles. The molecule has 1 aliphatic carbocycles. The Balaban J connectivity index is 1.35. The molecule has 2 bridgehead atoms. The molecule has 0 unspecified atom stereocenters. The molecule has 2 fully saturated rings. The first-order chi connectivity index (χ1) is 25.7. The van der Waals surface area contributed by atoms with Crippen LogP contribution in [0.2, 0.25) is 5.02 Å². The molecular formula is C42H61ClN4O6S. The van der Waals surface area contributed by atoms with Crippen LogP contribution >= 0.6 is 11.6 Å². The van der Waals surface area contributed by atoms with Crippen molar-refractivity contribution in [1.29, 1.82) is 0 Å². The van der Waals surface area contributed by atoms with Crippen molar-refractivity contribution in [2.24, 2.45) is 17.8 Å². The molecule has 1 saturated carbocycles. The number of aryl methyl sites for hydroxylation is 1. The van der Waals surface area contributed by atoms with Crippen molar-refractivity contribution in [2.45, 2.75) is 89.2 Å². The molecule has 3 aliphatic heterocycles. The zero-order valence-corrected chi connectivity index (χ0v) is 34.7. The first-order valence-corrected chi connectivity index (χ1v) is 21.7. The number of allylic oxidation sites excluding steroid dienone is 1. The standard InChI is InChI=1S/C42H61ClN4O6S/c1-30-10-9-18-42(52-6,28-45-20-22-47(23-21-45)41(3,4)29-51-5)37-16-13-34(37)26-46-19-8-7-11-32-24-36(43)15-12-35(32)27-53-39-17-14-33(25-38(39)46)40(48)44-54(49,50)31(30)2/h9,12,14-15,17-18,24-25,30-31,34,37H,7-8,10-11,13,16,19-23,26-29H2,1-6H3,(H,44,48)/b18-9+/t30-,31+,34-,37+,42+/m0/s1. The van der Waals surface area contributed by atoms with E-state index >= 15 is 0 Å². The van der Waals surface area contributed by atoms with E-state index < -0.39 is 26.8 Å². The van der Waals surface area contributed by atoms with Gasteiger partial charge in [-0.3, -0.25) is 14.6 Å². The van der Waals surface area contributed by atoms with Crippen LogP contribution < -0.4 is 14.4 Å². The van der Waals surface area contributed by atoms with Crippen LogP contribution in [0.1, 0.15) is 81.3 Å². The number of sulfonamides is 1. The zero-order valence-electron chi connectivity index (χ0n) is 33.1. The average Bonchev–Trinajstić information content (AvgIpc) is 3.15. The quantitative estimate of drug-likeness (QED) is 0.327. The maximum absolute atomic E-state index is 13.6. The normalized spacial score (nSPS) is 29.4. The maximum atomic E-state index is 13.6. The molecule has 0 spiro atoms. The van der Waals surface area contributed by atoms with E-state index in [2.05, 4.69) is 45.4 Å². The van der Waals surface area contributed by atoms with Gasteiger partial charge in [-0.1, -0.05) is 36.7 Å². The van der Waals surface area contributed by atoms with Gasteiger partial charge in [0.2, 0.25) is 10.0 Å². The fraction of sp³-hybridized carbons (Fsp3) is 0.643. The van der Waals surface area contributed by atoms with Crippen molar-refractivity contribution < 1.29 is 27.4 Å². The van der Waals surface area contributed by atoms with Crippen LogP contribution in [0.3, 0.4) is 0 Å². The number of halogens is 1. The minimum absolute atomic E-state index is 0.0357. The summed E-state index contributed by atoms with van der Waals surface area (Å²) in [6, 6.07) is 11.3. The van der Waals surface area contributed by atoms with Crippen LogP contribution in [-0.2, 0) is 32.5 Å². The number of hydrogen-bond acceptors (Lipinski definition) is 9. The second-order valence-corrected chi connectivity index (χ2v) is 19.2. The van der Waals surface area contributed by atoms with Crippen LogP contribution in [-0.4, -0.2) is 107 Å². The number of rotatable bonds is 6. The van der Waals surface area contributed by atoms with E-state index in [1.165, 1.54) is 5.56 Å². The maximum Gasteiger partial charge on any atom is 0.264 e. The molecule has 2 aromatic rings. The lowest BCUT2D eigenvalue weighted by atomic mass is 9.63. The molecule has 0 radical (unpaired) electrons. The Morgan fingerprint density at radius 1 is 1.00 bits per heavy atom. The summed E-state index contributed by atoms with van der Waals surface area (Å²) in [5, 5.41) is -0.0721. The number of amides is 1. The first-order valence-electron chi connectivity index (χ1n) is 19.8. The number of nitrogens with one attached hydrogen (secondary N) is 1. The molecule has 4 aliphatic rings. The second-order valence-electron chi connectivity index (χ2n) is 16.7. The molecule has 2 aromatic carbocycles. The summed E-state index contributed by atoms with van der Waals surface area (Å²) in [6.45, 7) is 15.2. The van der Waals surface area contributed by atoms with Gasteiger partial charge < -0.3 is 19.1 Å². The van der Waals surface area contributed by atoms with Crippen LogP contribution in [0.5, 0.6) is 5.75 Å². The topological polar surface area (TPSA) is 101 Å². The lowest BCUT2D eigenvalue weighted by Crippen LogP contribution is -2.61. The summed E-state index contributed by atoms with van der Waals surface area (Å²) >= 11 is 6.41. The van der Waals surface area contributed by atoms with E-state index in [0.29, 0.717) is 41.9 Å². The van der Waals surface area contributed by atoms with Crippen molar-refractivity contribution in [3.8, 4) is 5.75 Å². The molecule has 298 valence electrons. The summed E-state index contributed by atoms with van der Waals surface area (Å²) in [4.78, 5) is 21.1. The van der Waals surface area contributed by atoms with Crippen LogP contribution in [0.15, 0.2) is 48.6 Å². The van der Waals surface area contributed by atoms with E-state index in [0.717, 1.165) is 89.2 Å². The van der Waals surface area contributed by atoms with E-state index in [4.69, 9.17) is 25.8 Å². The van der Waals surface area contributed by atoms with Crippen LogP contribution in [0.4, 0.5) is 5.69 Å². The Bertz CT molecular complexity index is 1760. The molecule has 1 saturated heterocycles. The fourth-order valence-corrected chi connectivity index (χ4v) is 10.4. The highest BCUT2D eigenvalue weighted by atomic mass is 35.5. The van der Waals surface area contributed by atoms with Crippen molar-refractivity contribution in [2.75, 3.05) is 71.5 Å². The van der Waals surface area contributed by atoms with Crippen molar-refractivity contribution >= 4 is 33.2 Å². The SMILES string of the molecule is COCC(C)(C)N1CCN(C[C@]2(OC)/C=C/C[C@H](C)[C@@H](C)S(=O)(=O)NC(=O)c3ccc4c(c3)N(CCCCc3cc(Cl)ccc3CO4)C[C@@H]3CC[C@H]32)CC1. The highest BCUT2D eigenvalue weighted by molar-refractivity contribution is 7.90. The second kappa shape index (κ2) is 17.2. The molecule has 6 rings (SSSR count). The number of carbonyl (C=O) groups excluding carboxylic acids is 1. The Labute approximate surface area is 328 Å². The molecule has 12 heteroatoms. The third-order valence-corrected chi connectivity index (χ3v) is 14.9. The van der Waals surface area contributed by atoms with E-state index in [1.54, 1.807) is 20.1 Å². The predicted octanol–water partition coefficient (Wildman–Crippen LogP) is 6.56. The molecular weight excluding hydrogens is 724 g/mol. The van der Waals surface area contributed by atoms with Crippen molar-refractivity contribution in [3.05, 3.63) is 70.3 Å². The lowest BCUT2D eigenvalue weighted by Gasteiger charge is -2.52. The zero-order chi connectivity index (χ0) is 38.7. The molecule has 54 heavy (non-hydrogen) atoms. The van der Waals surface area contributed by atoms with E-state index in [-0.39, 0.29) is 17.4 Å². The van der Waals surface area contributed by atoms with Crippen LogP contribution in [0.25, 0.3) is 0 Å². The lowest BCUT2D eigenvalue weighted by molar-refractivity contribution is -0.0992. The fourth-order valence-electron chi connectivity index (χ4n) is 8.94. The monoisotopic (exact) mass is 784 g/mol. The van der Waals surface area contributed by atoms with Gasteiger partial charge in [-0.25, -0.2) is 13.1 Å². The smallest absolute Gasteiger partial charge is 0.264 e. The van der Waals surface area contributed by atoms with Crippen molar-refractivity contribution in [3.63, 3.8) is 0 Å². The van der Waals surface area contributed by atoms with E-state index in [9.17, 15) is 13.2 Å². The Morgan fingerprint density at radius 2 is 1.78 bits per heavy atom. The summed E-state index contributed by atoms with van der Waals surface area (Å²) in [5.41, 5.74) is 2.80. The summed E-state index contributed by atoms with van der Waals surface area (Å²) in [6.07, 6.45) is 9.84. The molecule has 3 heterocycles. The first kappa shape index (κ1) is 41.0. The average molecular weight is 785 g/mol. The minimum Gasteiger partial charge on any atom is -0.487 e. The van der Waals surface area contributed by atoms with Gasteiger partial charge in [-0.2, -0.15) is 0 Å². The molecule has 1 N–H and O–H groups in total. The number of methoxy groups -OCH3 is 2. The summed E-state index contributed by atoms with van der Waals surface area (Å²) in [5.74, 6) is 0.411. The molecule has 1 amide bonds. The van der Waals surface area contributed by atoms with Gasteiger partial charge in [-0.15, -0.1) is 0 Å². The number of anilines is 1. The van der Waals surface area contributed by atoms with Gasteiger partial charge in [-0.05, 0) is 119 Å². The number of fused-ring (bicyclic) bond motifs is 3. The van der Waals surface area contributed by atoms with Gasteiger partial charge >= 0.3 is 0 Å².